The van der Waals surface area contributed by atoms with E-state index < -0.39 is 156 Å². The van der Waals surface area contributed by atoms with E-state index in [1.54, 1.807) is 86.3 Å². The fourth-order valence-electron chi connectivity index (χ4n) is 13.3. The van der Waals surface area contributed by atoms with Gasteiger partial charge in [0, 0.05) is 93.6 Å². The Hall–Kier alpha value is -9.27. The van der Waals surface area contributed by atoms with Crippen molar-refractivity contribution in [1.82, 2.24) is 65.8 Å². The Labute approximate surface area is 600 Å². The predicted octanol–water partition coefficient (Wildman–Crippen LogP) is 2.06. The molecule has 12 atom stereocenters. The zero-order valence-corrected chi connectivity index (χ0v) is 61.9. The minimum absolute atomic E-state index is 0.0278. The average molecular weight is 1420 g/mol. The summed E-state index contributed by atoms with van der Waals surface area (Å²) in [5, 5.41) is 24.7. The molecule has 0 bridgehead atoms. The molecule has 3 heterocycles. The van der Waals surface area contributed by atoms with E-state index in [-0.39, 0.29) is 69.2 Å². The lowest BCUT2D eigenvalue weighted by molar-refractivity contribution is -0.153. The summed E-state index contributed by atoms with van der Waals surface area (Å²) in [5.41, 5.74) is 1.96. The smallest absolute Gasteiger partial charge is 0.248 e. The van der Waals surface area contributed by atoms with Gasteiger partial charge in [-0.05, 0) is 101 Å². The minimum Gasteiger partial charge on any atom is -0.391 e. The van der Waals surface area contributed by atoms with Gasteiger partial charge in [0.25, 0.3) is 0 Å². The molecule has 0 saturated carbocycles. The number of carbonyl (C=O) groups is 13. The number of benzene rings is 3. The summed E-state index contributed by atoms with van der Waals surface area (Å²) in [7, 11) is 8.26. The fourth-order valence-corrected chi connectivity index (χ4v) is 13.3. The van der Waals surface area contributed by atoms with Crippen molar-refractivity contribution in [2.75, 3.05) is 68.5 Å². The number of hydrogen-bond acceptors (Lipinski definition) is 14. The maximum absolute atomic E-state index is 15.6. The number of carbonyl (C=O) groups excluding carboxylic acids is 13. The first-order valence-corrected chi connectivity index (χ1v) is 35.7. The van der Waals surface area contributed by atoms with Crippen LogP contribution in [-0.4, -0.2) is 262 Å². The molecule has 3 aliphatic heterocycles. The van der Waals surface area contributed by atoms with Crippen LogP contribution < -0.4 is 26.6 Å². The zero-order chi connectivity index (χ0) is 75.4. The van der Waals surface area contributed by atoms with Gasteiger partial charge in [-0.1, -0.05) is 119 Å². The molecule has 27 heteroatoms. The third-order valence-corrected chi connectivity index (χ3v) is 19.6. The van der Waals surface area contributed by atoms with E-state index in [9.17, 15) is 48.3 Å². The quantitative estimate of drug-likeness (QED) is 0.0890. The van der Waals surface area contributed by atoms with Crippen LogP contribution in [0.5, 0.6) is 0 Å². The van der Waals surface area contributed by atoms with Gasteiger partial charge in [-0.2, -0.15) is 0 Å². The van der Waals surface area contributed by atoms with Crippen LogP contribution in [0.1, 0.15) is 130 Å². The van der Waals surface area contributed by atoms with Crippen LogP contribution in [0.2, 0.25) is 0 Å². The van der Waals surface area contributed by atoms with Gasteiger partial charge in [0.2, 0.25) is 76.8 Å². The second-order valence-electron chi connectivity index (χ2n) is 28.7. The van der Waals surface area contributed by atoms with E-state index >= 15 is 19.2 Å². The topological polar surface area (TPSA) is 328 Å². The molecule has 3 saturated heterocycles. The summed E-state index contributed by atoms with van der Waals surface area (Å²) in [6, 6.07) is 12.5. The monoisotopic (exact) mass is 1420 g/mol. The first kappa shape index (κ1) is 81.7. The number of aliphatic hydroxyl groups excluding tert-OH is 1. The number of likely N-dealkylation sites (N-methyl/N-ethyl adjacent to an activating group) is 6. The number of hydrogen-bond donors (Lipinski definition) is 6. The van der Waals surface area contributed by atoms with Crippen molar-refractivity contribution in [2.24, 2.45) is 11.8 Å². The summed E-state index contributed by atoms with van der Waals surface area (Å²) in [5.74, 6) is -9.57. The lowest BCUT2D eigenvalue weighted by Crippen LogP contribution is -2.61. The SMILES string of the molecule is CC(C)C[C@@H]1NC(=O)[C@H](Cc2ccccc2)N(C)C(=O)CN(C)C(=O)[C@H]([C@@H](C)O)NC(=O)[C@H](CC(C)C)N(C)C(=O)C[C@H](C)NC(=O)C[C@@H](C(=O)N(C)[C@@H](Cc2ccccc2)C(=O)N(C)[C@@H](C)C(=O)N2CCC[C@H]2C(=O)N(C)[C@@H](Cc2ccccc2)C(=O)N[C@@H](C)C(=O)N2CCCCC2)NC1=O. The van der Waals surface area contributed by atoms with Gasteiger partial charge in [-0.15, -0.1) is 0 Å². The number of nitrogens with one attached hydrogen (secondary N) is 5. The van der Waals surface area contributed by atoms with E-state index in [1.165, 1.54) is 82.7 Å². The molecule has 13 amide bonds. The number of nitrogens with zero attached hydrogens (tertiary/aromatic N) is 8. The Kier molecular flexibility index (Phi) is 30.5. The van der Waals surface area contributed by atoms with E-state index in [0.717, 1.165) is 39.5 Å². The highest BCUT2D eigenvalue weighted by atomic mass is 16.3. The summed E-state index contributed by atoms with van der Waals surface area (Å²) in [6.45, 7) is 13.8. The average Bonchev–Trinajstić information content (AvgIpc) is 1.46. The molecule has 27 nitrogen and oxygen atoms in total. The second kappa shape index (κ2) is 38.1. The van der Waals surface area contributed by atoms with Gasteiger partial charge in [0.1, 0.15) is 60.4 Å². The molecule has 6 rings (SSSR count). The molecule has 0 aromatic heterocycles. The van der Waals surface area contributed by atoms with Crippen LogP contribution in [0.15, 0.2) is 91.0 Å². The van der Waals surface area contributed by atoms with E-state index in [2.05, 4.69) is 26.6 Å². The number of rotatable bonds is 21. The van der Waals surface area contributed by atoms with Crippen LogP contribution in [0.25, 0.3) is 0 Å². The molecule has 6 N–H and O–H groups in total. The van der Waals surface area contributed by atoms with Crippen molar-refractivity contribution in [3.8, 4) is 0 Å². The molecule has 3 aromatic carbocycles. The molecule has 3 aliphatic rings. The fraction of sp³-hybridized carbons (Fsp3) is 0.587. The summed E-state index contributed by atoms with van der Waals surface area (Å²) in [6.07, 6.45) is 0.688. The highest BCUT2D eigenvalue weighted by Gasteiger charge is 2.45. The molecule has 3 aromatic rings. The highest BCUT2D eigenvalue weighted by molar-refractivity contribution is 6.00. The Morgan fingerprint density at radius 3 is 1.66 bits per heavy atom. The van der Waals surface area contributed by atoms with Crippen LogP contribution in [0, 0.1) is 11.8 Å². The Morgan fingerprint density at radius 2 is 1.10 bits per heavy atom. The molecular weight excluding hydrogens is 1310 g/mol. The Balaban J connectivity index is 1.34. The molecule has 0 spiro atoms. The lowest BCUT2D eigenvalue weighted by Gasteiger charge is -2.37. The predicted molar refractivity (Wildman–Crippen MR) is 383 cm³/mol. The first-order chi connectivity index (χ1) is 48.2. The Bertz CT molecular complexity index is 3410. The van der Waals surface area contributed by atoms with E-state index in [0.29, 0.717) is 30.6 Å². The minimum atomic E-state index is -1.78. The third-order valence-electron chi connectivity index (χ3n) is 19.6. The van der Waals surface area contributed by atoms with E-state index in [4.69, 9.17) is 0 Å². The molecule has 0 unspecified atom stereocenters. The third kappa shape index (κ3) is 22.4. The van der Waals surface area contributed by atoms with Gasteiger partial charge in [0.15, 0.2) is 0 Å². The van der Waals surface area contributed by atoms with Crippen molar-refractivity contribution in [3.63, 3.8) is 0 Å². The van der Waals surface area contributed by atoms with Crippen LogP contribution in [0.4, 0.5) is 0 Å². The molecule has 0 aliphatic carbocycles. The van der Waals surface area contributed by atoms with Crippen molar-refractivity contribution < 1.29 is 67.4 Å². The molecule has 3 fully saturated rings. The van der Waals surface area contributed by atoms with E-state index in [1.807, 2.05) is 44.2 Å². The standard InChI is InChI=1S/C75H109N13O14/c1-46(2)38-55-66(93)79-56(44-62(90)76-48(5)40-63(91)83(11)58(39-47(3)4)69(96)80-65(51(8)89)75(102)81(9)45-64(92)84(12)59(68(95)78-55)41-52-28-19-15-20-29-52)72(99)86(14)61(43-54-32-23-17-24-33-54)74(101)82(10)50(7)71(98)88-37-27-34-57(88)73(100)85(13)60(42-53-30-21-16-22-31-53)67(94)77-49(6)70(97)87-35-25-18-26-36-87/h15-17,19-24,28-33,46-51,55-61,65,89H,18,25-27,34-45H2,1-14H3,(H,76,90)(H,77,94)(H,78,95)(H,79,93)(H,80,96)/t48-,49-,50-,51+,55-,56-,57-,58-,59-,60-,61-,65-/m0/s1. The van der Waals surface area contributed by atoms with Gasteiger partial charge in [-0.3, -0.25) is 62.3 Å². The summed E-state index contributed by atoms with van der Waals surface area (Å²) in [4.78, 5) is 200. The van der Waals surface area contributed by atoms with Crippen LogP contribution in [-0.2, 0) is 81.6 Å². The summed E-state index contributed by atoms with van der Waals surface area (Å²) >= 11 is 0. The maximum atomic E-state index is 15.6. The van der Waals surface area contributed by atoms with Crippen molar-refractivity contribution >= 4 is 76.8 Å². The Morgan fingerprint density at radius 1 is 0.569 bits per heavy atom. The number of aliphatic hydroxyl groups is 1. The second-order valence-corrected chi connectivity index (χ2v) is 28.7. The lowest BCUT2D eigenvalue weighted by atomic mass is 9.99. The first-order valence-electron chi connectivity index (χ1n) is 35.7. The van der Waals surface area contributed by atoms with Crippen molar-refractivity contribution in [2.45, 2.75) is 205 Å². The van der Waals surface area contributed by atoms with Crippen LogP contribution in [0.3, 0.4) is 0 Å². The number of amides is 13. The normalized spacial score (nSPS) is 22.7. The van der Waals surface area contributed by atoms with Crippen molar-refractivity contribution in [1.29, 1.82) is 0 Å². The largest absolute Gasteiger partial charge is 0.391 e. The number of piperidine rings is 1. The van der Waals surface area contributed by atoms with Crippen molar-refractivity contribution in [3.05, 3.63) is 108 Å². The molecule has 102 heavy (non-hydrogen) atoms. The molecule has 0 radical (unpaired) electrons. The maximum Gasteiger partial charge on any atom is 0.248 e. The van der Waals surface area contributed by atoms with Gasteiger partial charge < -0.3 is 70.9 Å². The zero-order valence-electron chi connectivity index (χ0n) is 61.9. The highest BCUT2D eigenvalue weighted by Crippen LogP contribution is 2.25. The molecular formula is C75H109N13O14. The summed E-state index contributed by atoms with van der Waals surface area (Å²) < 4.78 is 0. The van der Waals surface area contributed by atoms with Crippen LogP contribution >= 0.6 is 0 Å². The van der Waals surface area contributed by atoms with Gasteiger partial charge in [-0.25, -0.2) is 0 Å². The molecule has 558 valence electrons. The van der Waals surface area contributed by atoms with Gasteiger partial charge in [0.05, 0.1) is 19.1 Å². The van der Waals surface area contributed by atoms with Gasteiger partial charge >= 0.3 is 0 Å². The number of likely N-dealkylation sites (tertiary alicyclic amines) is 2.